The largest absolute Gasteiger partial charge is 0.355 e. The third-order valence-electron chi connectivity index (χ3n) is 3.85. The highest BCUT2D eigenvalue weighted by Crippen LogP contribution is 2.24. The number of aromatic nitrogens is 1. The number of amides is 1. The number of sulfonamides is 1. The van der Waals surface area contributed by atoms with Crippen LogP contribution < -0.4 is 10.0 Å². The van der Waals surface area contributed by atoms with Gasteiger partial charge in [-0.15, -0.1) is 0 Å². The third kappa shape index (κ3) is 3.75. The first kappa shape index (κ1) is 15.6. The Balaban J connectivity index is 1.69. The van der Waals surface area contributed by atoms with Gasteiger partial charge in [-0.25, -0.2) is 13.1 Å². The molecule has 0 saturated carbocycles. The minimum atomic E-state index is -3.56. The van der Waals surface area contributed by atoms with Crippen LogP contribution in [0.25, 0.3) is 0 Å². The van der Waals surface area contributed by atoms with Crippen molar-refractivity contribution < 1.29 is 13.2 Å². The van der Waals surface area contributed by atoms with Gasteiger partial charge < -0.3 is 5.32 Å². The van der Waals surface area contributed by atoms with Crippen LogP contribution in [-0.2, 0) is 21.4 Å². The van der Waals surface area contributed by atoms with Crippen molar-refractivity contribution in [1.82, 2.24) is 15.0 Å². The minimum Gasteiger partial charge on any atom is -0.355 e. The first-order valence-corrected chi connectivity index (χ1v) is 8.78. The molecule has 1 fully saturated rings. The van der Waals surface area contributed by atoms with Crippen molar-refractivity contribution in [1.29, 1.82) is 0 Å². The predicted octanol–water partition coefficient (Wildman–Crippen LogP) is 1.16. The lowest BCUT2D eigenvalue weighted by Crippen LogP contribution is -2.23. The van der Waals surface area contributed by atoms with Gasteiger partial charge in [0.25, 0.3) is 0 Å². The normalized spacial score (nSPS) is 17.9. The van der Waals surface area contributed by atoms with Gasteiger partial charge in [0.05, 0.1) is 4.90 Å². The van der Waals surface area contributed by atoms with Crippen LogP contribution in [0.1, 0.15) is 23.5 Å². The van der Waals surface area contributed by atoms with E-state index in [2.05, 4.69) is 15.0 Å². The van der Waals surface area contributed by atoms with Crippen LogP contribution in [0, 0.1) is 0 Å². The van der Waals surface area contributed by atoms with Crippen LogP contribution in [0.2, 0.25) is 0 Å². The quantitative estimate of drug-likeness (QED) is 0.861. The summed E-state index contributed by atoms with van der Waals surface area (Å²) in [4.78, 5) is 15.4. The van der Waals surface area contributed by atoms with Crippen LogP contribution in [0.5, 0.6) is 0 Å². The van der Waals surface area contributed by atoms with Gasteiger partial charge in [0, 0.05) is 37.8 Å². The fraction of sp³-hybridized carbons (Fsp3) is 0.250. The van der Waals surface area contributed by atoms with Gasteiger partial charge in [-0.2, -0.15) is 0 Å². The van der Waals surface area contributed by atoms with E-state index < -0.39 is 10.0 Å². The van der Waals surface area contributed by atoms with E-state index in [1.165, 1.54) is 0 Å². The zero-order chi connectivity index (χ0) is 16.3. The molecule has 1 atom stereocenters. The second kappa shape index (κ2) is 6.47. The molecule has 120 valence electrons. The van der Waals surface area contributed by atoms with E-state index in [-0.39, 0.29) is 23.3 Å². The number of hydrogen-bond acceptors (Lipinski definition) is 4. The van der Waals surface area contributed by atoms with Gasteiger partial charge in [-0.3, -0.25) is 9.78 Å². The van der Waals surface area contributed by atoms with Crippen molar-refractivity contribution in [2.75, 3.05) is 6.54 Å². The number of benzene rings is 1. The van der Waals surface area contributed by atoms with E-state index >= 15 is 0 Å². The van der Waals surface area contributed by atoms with E-state index in [0.717, 1.165) is 11.1 Å². The van der Waals surface area contributed by atoms with Crippen LogP contribution in [-0.4, -0.2) is 25.9 Å². The zero-order valence-corrected chi connectivity index (χ0v) is 13.2. The summed E-state index contributed by atoms with van der Waals surface area (Å²) >= 11 is 0. The van der Waals surface area contributed by atoms with E-state index in [4.69, 9.17) is 0 Å². The number of carbonyl (C=O) groups excluding carboxylic acids is 1. The standard InChI is InChI=1S/C16H17N3O3S/c20-16-9-14(11-18-16)13-1-3-15(4-2-13)23(21,22)19-10-12-5-7-17-8-6-12/h1-8,14,19H,9-11H2,(H,18,20)/t14-/m1/s1. The predicted molar refractivity (Wildman–Crippen MR) is 85.1 cm³/mol. The SMILES string of the molecule is O=C1C[C@@H](c2ccc(S(=O)(=O)NCc3ccncc3)cc2)CN1. The molecule has 7 heteroatoms. The molecule has 23 heavy (non-hydrogen) atoms. The molecule has 1 aromatic carbocycles. The number of pyridine rings is 1. The lowest BCUT2D eigenvalue weighted by Gasteiger charge is -2.10. The van der Waals surface area contributed by atoms with Crippen molar-refractivity contribution in [3.05, 3.63) is 59.9 Å². The number of nitrogens with zero attached hydrogens (tertiary/aromatic N) is 1. The van der Waals surface area contributed by atoms with E-state index in [9.17, 15) is 13.2 Å². The molecule has 6 nitrogen and oxygen atoms in total. The number of rotatable bonds is 5. The molecule has 1 aliphatic rings. The molecule has 1 saturated heterocycles. The Morgan fingerprint density at radius 1 is 1.13 bits per heavy atom. The maximum Gasteiger partial charge on any atom is 0.240 e. The van der Waals surface area contributed by atoms with Crippen molar-refractivity contribution in [3.63, 3.8) is 0 Å². The van der Waals surface area contributed by atoms with Crippen LogP contribution in [0.15, 0.2) is 53.7 Å². The Kier molecular flexibility index (Phi) is 4.40. The molecule has 3 rings (SSSR count). The highest BCUT2D eigenvalue weighted by atomic mass is 32.2. The Hall–Kier alpha value is -2.25. The topological polar surface area (TPSA) is 88.2 Å². The summed E-state index contributed by atoms with van der Waals surface area (Å²) in [6.07, 6.45) is 3.69. The van der Waals surface area contributed by atoms with E-state index in [1.54, 1.807) is 48.8 Å². The zero-order valence-electron chi connectivity index (χ0n) is 12.4. The molecule has 0 spiro atoms. The third-order valence-corrected chi connectivity index (χ3v) is 5.27. The average Bonchev–Trinajstić information content (AvgIpc) is 3.01. The highest BCUT2D eigenvalue weighted by Gasteiger charge is 2.23. The van der Waals surface area contributed by atoms with Crippen molar-refractivity contribution >= 4 is 15.9 Å². The van der Waals surface area contributed by atoms with E-state index in [0.29, 0.717) is 13.0 Å². The average molecular weight is 331 g/mol. The van der Waals surface area contributed by atoms with Crippen LogP contribution >= 0.6 is 0 Å². The Labute approximate surface area is 135 Å². The molecular weight excluding hydrogens is 314 g/mol. The number of hydrogen-bond donors (Lipinski definition) is 2. The maximum absolute atomic E-state index is 12.3. The summed E-state index contributed by atoms with van der Waals surface area (Å²) in [5.41, 5.74) is 1.81. The molecule has 2 heterocycles. The molecule has 0 bridgehead atoms. The molecule has 1 aromatic heterocycles. The second-order valence-corrected chi connectivity index (χ2v) is 7.22. The molecular formula is C16H17N3O3S. The summed E-state index contributed by atoms with van der Waals surface area (Å²) in [6, 6.07) is 10.2. The van der Waals surface area contributed by atoms with Gasteiger partial charge in [-0.1, -0.05) is 12.1 Å². The Bertz CT molecular complexity index is 789. The van der Waals surface area contributed by atoms with Gasteiger partial charge in [0.2, 0.25) is 15.9 Å². The Morgan fingerprint density at radius 3 is 2.43 bits per heavy atom. The molecule has 1 amide bonds. The summed E-state index contributed by atoms with van der Waals surface area (Å²) < 4.78 is 27.2. The summed E-state index contributed by atoms with van der Waals surface area (Å²) in [6.45, 7) is 0.818. The monoisotopic (exact) mass is 331 g/mol. The first-order chi connectivity index (χ1) is 11.0. The smallest absolute Gasteiger partial charge is 0.240 e. The Morgan fingerprint density at radius 2 is 1.83 bits per heavy atom. The van der Waals surface area contributed by atoms with Crippen molar-refractivity contribution in [3.8, 4) is 0 Å². The van der Waals surface area contributed by atoms with Gasteiger partial charge >= 0.3 is 0 Å². The molecule has 0 aliphatic carbocycles. The van der Waals surface area contributed by atoms with Crippen molar-refractivity contribution in [2.45, 2.75) is 23.8 Å². The van der Waals surface area contributed by atoms with Crippen LogP contribution in [0.3, 0.4) is 0 Å². The molecule has 1 aliphatic heterocycles. The van der Waals surface area contributed by atoms with Crippen LogP contribution in [0.4, 0.5) is 0 Å². The maximum atomic E-state index is 12.3. The highest BCUT2D eigenvalue weighted by molar-refractivity contribution is 7.89. The minimum absolute atomic E-state index is 0.0331. The van der Waals surface area contributed by atoms with E-state index in [1.807, 2.05) is 0 Å². The molecule has 2 N–H and O–H groups in total. The molecule has 2 aromatic rings. The van der Waals surface area contributed by atoms with Gasteiger partial charge in [0.1, 0.15) is 0 Å². The number of carbonyl (C=O) groups is 1. The van der Waals surface area contributed by atoms with Crippen molar-refractivity contribution in [2.24, 2.45) is 0 Å². The fourth-order valence-corrected chi connectivity index (χ4v) is 3.54. The van der Waals surface area contributed by atoms with Gasteiger partial charge in [0.15, 0.2) is 0 Å². The molecule has 0 unspecified atom stereocenters. The second-order valence-electron chi connectivity index (χ2n) is 5.45. The lowest BCUT2D eigenvalue weighted by molar-refractivity contribution is -0.119. The molecule has 0 radical (unpaired) electrons. The summed E-state index contributed by atoms with van der Waals surface area (Å²) in [7, 11) is -3.56. The van der Waals surface area contributed by atoms with Gasteiger partial charge in [-0.05, 0) is 35.4 Å². The number of nitrogens with one attached hydrogen (secondary N) is 2. The summed E-state index contributed by atoms with van der Waals surface area (Å²) in [5.74, 6) is 0.148. The lowest BCUT2D eigenvalue weighted by atomic mass is 9.99. The first-order valence-electron chi connectivity index (χ1n) is 7.30. The fourth-order valence-electron chi connectivity index (χ4n) is 2.52. The summed E-state index contributed by atoms with van der Waals surface area (Å²) in [5, 5.41) is 2.78.